The molecule has 2 aromatic rings. The number of hydrogen-bond donors (Lipinski definition) is 2. The highest BCUT2D eigenvalue weighted by Gasteiger charge is 2.24. The number of nitrogens with one attached hydrogen (secondary N) is 2. The maximum Gasteiger partial charge on any atom is 0.267 e. The van der Waals surface area contributed by atoms with Crippen LogP contribution in [0.2, 0.25) is 0 Å². The fourth-order valence-corrected chi connectivity index (χ4v) is 3.96. The zero-order valence-electron chi connectivity index (χ0n) is 13.7. The van der Waals surface area contributed by atoms with Gasteiger partial charge in [-0.3, -0.25) is 14.0 Å². The molecule has 0 aromatic carbocycles. The molecular formula is C17H16N4O3S2. The number of nitrogens with zero attached hydrogens (tertiary/aromatic N) is 2. The molecule has 134 valence electrons. The first-order valence-electron chi connectivity index (χ1n) is 8.23. The van der Waals surface area contributed by atoms with Crippen LogP contribution in [-0.4, -0.2) is 38.9 Å². The molecule has 2 aromatic heterocycles. The second-order valence-electron chi connectivity index (χ2n) is 5.98. The van der Waals surface area contributed by atoms with Gasteiger partial charge in [-0.1, -0.05) is 30.0 Å². The zero-order valence-corrected chi connectivity index (χ0v) is 15.4. The van der Waals surface area contributed by atoms with Crippen molar-refractivity contribution in [1.82, 2.24) is 14.7 Å². The Morgan fingerprint density at radius 1 is 1.46 bits per heavy atom. The molecule has 2 aliphatic heterocycles. The van der Waals surface area contributed by atoms with Crippen LogP contribution in [0.1, 0.15) is 18.4 Å². The van der Waals surface area contributed by atoms with Crippen LogP contribution in [0, 0.1) is 0 Å². The van der Waals surface area contributed by atoms with Crippen LogP contribution in [0.3, 0.4) is 0 Å². The van der Waals surface area contributed by atoms with Crippen LogP contribution in [-0.2, 0) is 9.53 Å². The number of thioether (sulfide) groups is 1. The molecule has 2 fully saturated rings. The number of carbonyl (C=O) groups excluding carboxylic acids is 1. The number of anilines is 1. The van der Waals surface area contributed by atoms with Gasteiger partial charge in [0.2, 0.25) is 0 Å². The summed E-state index contributed by atoms with van der Waals surface area (Å²) in [5.74, 6) is 0.137. The summed E-state index contributed by atoms with van der Waals surface area (Å²) in [6.07, 6.45) is 5.31. The van der Waals surface area contributed by atoms with Gasteiger partial charge in [0.15, 0.2) is 0 Å². The van der Waals surface area contributed by atoms with Crippen LogP contribution in [0.15, 0.2) is 34.1 Å². The maximum absolute atomic E-state index is 13.0. The number of amides is 1. The van der Waals surface area contributed by atoms with Gasteiger partial charge < -0.3 is 15.4 Å². The van der Waals surface area contributed by atoms with Crippen molar-refractivity contribution in [3.05, 3.63) is 45.2 Å². The SMILES string of the molecule is O=C1NC(=S)S/C1=C\c1c(NC[C@@H]2CCCO2)nc2ccccn2c1=O. The van der Waals surface area contributed by atoms with Gasteiger partial charge in [-0.2, -0.15) is 0 Å². The van der Waals surface area contributed by atoms with E-state index >= 15 is 0 Å². The average molecular weight is 388 g/mol. The Labute approximate surface area is 158 Å². The number of hydrogen-bond acceptors (Lipinski definition) is 7. The Bertz CT molecular complexity index is 980. The normalized spacial score (nSPS) is 21.5. The molecule has 2 saturated heterocycles. The second-order valence-corrected chi connectivity index (χ2v) is 7.70. The number of fused-ring (bicyclic) bond motifs is 1. The summed E-state index contributed by atoms with van der Waals surface area (Å²) in [4.78, 5) is 29.9. The predicted octanol–water partition coefficient (Wildman–Crippen LogP) is 1.77. The van der Waals surface area contributed by atoms with E-state index in [-0.39, 0.29) is 17.6 Å². The lowest BCUT2D eigenvalue weighted by molar-refractivity contribution is -0.115. The van der Waals surface area contributed by atoms with E-state index in [2.05, 4.69) is 15.6 Å². The zero-order chi connectivity index (χ0) is 18.1. The second kappa shape index (κ2) is 7.18. The van der Waals surface area contributed by atoms with Crippen molar-refractivity contribution < 1.29 is 9.53 Å². The number of rotatable bonds is 4. The minimum absolute atomic E-state index is 0.100. The van der Waals surface area contributed by atoms with E-state index in [1.807, 2.05) is 6.07 Å². The van der Waals surface area contributed by atoms with Gasteiger partial charge in [0.1, 0.15) is 15.8 Å². The minimum atomic E-state index is -0.303. The monoisotopic (exact) mass is 388 g/mol. The van der Waals surface area contributed by atoms with Gasteiger partial charge in [-0.25, -0.2) is 4.98 Å². The molecule has 7 nitrogen and oxygen atoms in total. The number of aromatic nitrogens is 2. The van der Waals surface area contributed by atoms with Crippen molar-refractivity contribution in [3.8, 4) is 0 Å². The highest BCUT2D eigenvalue weighted by Crippen LogP contribution is 2.27. The number of pyridine rings is 1. The first-order chi connectivity index (χ1) is 12.6. The molecule has 0 spiro atoms. The number of ether oxygens (including phenoxy) is 1. The summed E-state index contributed by atoms with van der Waals surface area (Å²) in [7, 11) is 0. The van der Waals surface area contributed by atoms with E-state index in [1.54, 1.807) is 24.4 Å². The Hall–Kier alpha value is -2.23. The third kappa shape index (κ3) is 3.37. The van der Waals surface area contributed by atoms with Crippen molar-refractivity contribution in [2.24, 2.45) is 0 Å². The van der Waals surface area contributed by atoms with Crippen molar-refractivity contribution in [1.29, 1.82) is 0 Å². The van der Waals surface area contributed by atoms with Crippen LogP contribution >= 0.6 is 24.0 Å². The van der Waals surface area contributed by atoms with Gasteiger partial charge in [-0.05, 0) is 31.1 Å². The summed E-state index contributed by atoms with van der Waals surface area (Å²) < 4.78 is 7.46. The Morgan fingerprint density at radius 3 is 3.08 bits per heavy atom. The number of thiocarbonyl (C=S) groups is 1. The van der Waals surface area contributed by atoms with Crippen molar-refractivity contribution in [2.75, 3.05) is 18.5 Å². The Balaban J connectivity index is 1.77. The van der Waals surface area contributed by atoms with Gasteiger partial charge >= 0.3 is 0 Å². The van der Waals surface area contributed by atoms with E-state index in [9.17, 15) is 9.59 Å². The fourth-order valence-electron chi connectivity index (χ4n) is 2.94. The summed E-state index contributed by atoms with van der Waals surface area (Å²) in [6.45, 7) is 1.31. The molecule has 2 aliphatic rings. The van der Waals surface area contributed by atoms with Crippen molar-refractivity contribution >= 4 is 51.7 Å². The molecule has 26 heavy (non-hydrogen) atoms. The van der Waals surface area contributed by atoms with Gasteiger partial charge in [0.25, 0.3) is 11.5 Å². The maximum atomic E-state index is 13.0. The molecule has 1 atom stereocenters. The topological polar surface area (TPSA) is 84.7 Å². The molecule has 4 rings (SSSR count). The van der Waals surface area contributed by atoms with Crippen LogP contribution in [0.25, 0.3) is 11.7 Å². The molecule has 0 unspecified atom stereocenters. The van der Waals surface area contributed by atoms with Crippen LogP contribution < -0.4 is 16.2 Å². The third-order valence-corrected chi connectivity index (χ3v) is 5.37. The quantitative estimate of drug-likeness (QED) is 0.610. The van der Waals surface area contributed by atoms with E-state index in [0.717, 1.165) is 31.2 Å². The highest BCUT2D eigenvalue weighted by molar-refractivity contribution is 8.26. The minimum Gasteiger partial charge on any atom is -0.376 e. The predicted molar refractivity (Wildman–Crippen MR) is 105 cm³/mol. The molecule has 0 bridgehead atoms. The molecule has 4 heterocycles. The molecule has 2 N–H and O–H groups in total. The standard InChI is InChI=1S/C17H16N4O3S2/c22-15-12(26-17(25)20-15)8-11-14(18-9-10-4-3-7-24-10)19-13-5-1-2-6-21(13)16(11)23/h1-2,5-6,8,10,18H,3-4,7,9H2,(H,20,22,25)/b12-8-/t10-/m0/s1. The number of carbonyl (C=O) groups is 1. The van der Waals surface area contributed by atoms with Crippen LogP contribution in [0.5, 0.6) is 0 Å². The molecular weight excluding hydrogens is 372 g/mol. The lowest BCUT2D eigenvalue weighted by Gasteiger charge is -2.14. The lowest BCUT2D eigenvalue weighted by Crippen LogP contribution is -2.24. The Kier molecular flexibility index (Phi) is 4.75. The highest BCUT2D eigenvalue weighted by atomic mass is 32.2. The smallest absolute Gasteiger partial charge is 0.267 e. The Morgan fingerprint density at radius 2 is 2.35 bits per heavy atom. The van der Waals surface area contributed by atoms with Crippen LogP contribution in [0.4, 0.5) is 5.82 Å². The molecule has 9 heteroatoms. The van der Waals surface area contributed by atoms with Gasteiger partial charge in [-0.15, -0.1) is 0 Å². The molecule has 1 amide bonds. The van der Waals surface area contributed by atoms with E-state index < -0.39 is 0 Å². The fraction of sp³-hybridized carbons (Fsp3) is 0.294. The third-order valence-electron chi connectivity index (χ3n) is 4.21. The first kappa shape index (κ1) is 17.2. The summed E-state index contributed by atoms with van der Waals surface area (Å²) in [6, 6.07) is 5.35. The van der Waals surface area contributed by atoms with Crippen molar-refractivity contribution in [2.45, 2.75) is 18.9 Å². The molecule has 0 aliphatic carbocycles. The van der Waals surface area contributed by atoms with Gasteiger partial charge in [0, 0.05) is 19.3 Å². The summed E-state index contributed by atoms with van der Waals surface area (Å²) >= 11 is 6.15. The van der Waals surface area contributed by atoms with E-state index in [0.29, 0.717) is 32.8 Å². The summed E-state index contributed by atoms with van der Waals surface area (Å²) in [5, 5.41) is 5.78. The molecule has 0 radical (unpaired) electrons. The van der Waals surface area contributed by atoms with E-state index in [4.69, 9.17) is 17.0 Å². The summed E-state index contributed by atoms with van der Waals surface area (Å²) in [5.41, 5.74) is 0.617. The van der Waals surface area contributed by atoms with Gasteiger partial charge in [0.05, 0.1) is 16.6 Å². The lowest BCUT2D eigenvalue weighted by atomic mass is 10.2. The largest absolute Gasteiger partial charge is 0.376 e. The average Bonchev–Trinajstić information content (AvgIpc) is 3.25. The first-order valence-corrected chi connectivity index (χ1v) is 9.46. The molecule has 0 saturated carbocycles. The van der Waals surface area contributed by atoms with E-state index in [1.165, 1.54) is 4.40 Å². The van der Waals surface area contributed by atoms with Crippen molar-refractivity contribution in [3.63, 3.8) is 0 Å².